The normalized spacial score (nSPS) is 20.5. The van der Waals surface area contributed by atoms with Gasteiger partial charge in [-0.1, -0.05) is 24.3 Å². The van der Waals surface area contributed by atoms with E-state index >= 15 is 0 Å². The topological polar surface area (TPSA) is 26.5 Å². The van der Waals surface area contributed by atoms with Crippen LogP contribution in [0.3, 0.4) is 0 Å². The van der Waals surface area contributed by atoms with Crippen molar-refractivity contribution < 1.29 is 9.13 Å². The molecule has 3 aromatic rings. The van der Waals surface area contributed by atoms with E-state index < -0.39 is 0 Å². The lowest BCUT2D eigenvalue weighted by Crippen LogP contribution is -2.05. The fraction of sp³-hybridized carbons (Fsp3) is 0.235. The highest BCUT2D eigenvalue weighted by Gasteiger charge is 2.33. The van der Waals surface area contributed by atoms with Gasteiger partial charge in [0.05, 0.1) is 22.0 Å². The average molecular weight is 361 g/mol. The molecule has 0 bridgehead atoms. The molecule has 1 aliphatic heterocycles. The summed E-state index contributed by atoms with van der Waals surface area (Å²) in [6, 6.07) is 9.65. The van der Waals surface area contributed by atoms with Gasteiger partial charge in [0.25, 0.3) is 0 Å². The molecule has 1 unspecified atom stereocenters. The van der Waals surface area contributed by atoms with Crippen LogP contribution >= 0.6 is 15.9 Å². The van der Waals surface area contributed by atoms with Crippen molar-refractivity contribution >= 4 is 21.6 Å². The van der Waals surface area contributed by atoms with Crippen LogP contribution in [-0.4, -0.2) is 9.38 Å². The fourth-order valence-corrected chi connectivity index (χ4v) is 3.49. The van der Waals surface area contributed by atoms with Crippen LogP contribution in [0.1, 0.15) is 41.6 Å². The van der Waals surface area contributed by atoms with Gasteiger partial charge in [0.1, 0.15) is 17.6 Å². The smallest absolute Gasteiger partial charge is 0.142 e. The third-order valence-corrected chi connectivity index (χ3v) is 4.77. The van der Waals surface area contributed by atoms with Gasteiger partial charge in [-0.2, -0.15) is 0 Å². The molecule has 1 aromatic carbocycles. The zero-order chi connectivity index (χ0) is 15.4. The van der Waals surface area contributed by atoms with Crippen LogP contribution in [0, 0.1) is 12.7 Å². The highest BCUT2D eigenvalue weighted by Crippen LogP contribution is 2.43. The molecule has 3 heterocycles. The Morgan fingerprint density at radius 1 is 1.27 bits per heavy atom. The maximum Gasteiger partial charge on any atom is 0.142 e. The summed E-state index contributed by atoms with van der Waals surface area (Å²) in [5.74, 6) is -0.315. The predicted molar refractivity (Wildman–Crippen MR) is 85.4 cm³/mol. The summed E-state index contributed by atoms with van der Waals surface area (Å²) in [5, 5.41) is 0. The van der Waals surface area contributed by atoms with Crippen LogP contribution in [-0.2, 0) is 4.74 Å². The van der Waals surface area contributed by atoms with E-state index in [1.807, 2.05) is 30.4 Å². The van der Waals surface area contributed by atoms with Crippen LogP contribution in [0.15, 0.2) is 41.0 Å². The summed E-state index contributed by atoms with van der Waals surface area (Å²) in [6.45, 7) is 3.98. The minimum atomic E-state index is -0.315. The monoisotopic (exact) mass is 360 g/mol. The fourth-order valence-electron chi connectivity index (χ4n) is 3.17. The third-order valence-electron chi connectivity index (χ3n) is 4.19. The maximum atomic E-state index is 13.7. The molecular formula is C17H14BrFN2O. The molecule has 112 valence electrons. The Morgan fingerprint density at radius 3 is 2.77 bits per heavy atom. The Labute approximate surface area is 135 Å². The van der Waals surface area contributed by atoms with Gasteiger partial charge in [0, 0.05) is 12.3 Å². The second-order valence-electron chi connectivity index (χ2n) is 5.57. The Bertz CT molecular complexity index is 890. The average Bonchev–Trinajstić information content (AvgIpc) is 2.97. The number of hydrogen-bond acceptors (Lipinski definition) is 2. The first-order chi connectivity index (χ1) is 10.6. The standard InChI is InChI=1S/C17H14BrFN2O/c1-9-16(21-8-13(18)14(19)7-15(21)20-9)17-12-6-4-3-5-11(12)10(2)22-17/h3-8,10,17H,1-2H3/t10-,17?/m0/s1. The van der Waals surface area contributed by atoms with Gasteiger partial charge in [0.2, 0.25) is 0 Å². The van der Waals surface area contributed by atoms with Gasteiger partial charge >= 0.3 is 0 Å². The van der Waals surface area contributed by atoms with E-state index in [9.17, 15) is 4.39 Å². The molecule has 0 saturated carbocycles. The second-order valence-corrected chi connectivity index (χ2v) is 6.42. The van der Waals surface area contributed by atoms with Gasteiger partial charge in [-0.3, -0.25) is 4.40 Å². The SMILES string of the molecule is Cc1nc2cc(F)c(Br)cn2c1C1O[C@@H](C)c2ccccc21. The van der Waals surface area contributed by atoms with E-state index in [4.69, 9.17) is 4.74 Å². The molecule has 0 radical (unpaired) electrons. The molecule has 0 fully saturated rings. The molecule has 0 saturated heterocycles. The van der Waals surface area contributed by atoms with E-state index in [-0.39, 0.29) is 18.0 Å². The van der Waals surface area contributed by atoms with Gasteiger partial charge < -0.3 is 4.74 Å². The van der Waals surface area contributed by atoms with E-state index in [0.29, 0.717) is 10.1 Å². The number of rotatable bonds is 1. The highest BCUT2D eigenvalue weighted by atomic mass is 79.9. The van der Waals surface area contributed by atoms with Crippen molar-refractivity contribution in [3.63, 3.8) is 0 Å². The number of fused-ring (bicyclic) bond motifs is 2. The van der Waals surface area contributed by atoms with Crippen LogP contribution < -0.4 is 0 Å². The molecule has 22 heavy (non-hydrogen) atoms. The van der Waals surface area contributed by atoms with Gasteiger partial charge in [-0.15, -0.1) is 0 Å². The Balaban J connectivity index is 1.96. The van der Waals surface area contributed by atoms with Gasteiger partial charge in [-0.05, 0) is 40.9 Å². The first kappa shape index (κ1) is 13.9. The molecule has 4 rings (SSSR count). The summed E-state index contributed by atoms with van der Waals surface area (Å²) in [6.07, 6.45) is 1.57. The minimum Gasteiger partial charge on any atom is -0.360 e. The molecular weight excluding hydrogens is 347 g/mol. The highest BCUT2D eigenvalue weighted by molar-refractivity contribution is 9.10. The molecule has 0 amide bonds. The van der Waals surface area contributed by atoms with Crippen molar-refractivity contribution in [3.8, 4) is 0 Å². The van der Waals surface area contributed by atoms with Crippen LogP contribution in [0.25, 0.3) is 5.65 Å². The van der Waals surface area contributed by atoms with Crippen LogP contribution in [0.5, 0.6) is 0 Å². The van der Waals surface area contributed by atoms with Crippen LogP contribution in [0.4, 0.5) is 4.39 Å². The third kappa shape index (κ3) is 1.92. The lowest BCUT2D eigenvalue weighted by molar-refractivity contribution is 0.0423. The number of halogens is 2. The van der Waals surface area contributed by atoms with Crippen LogP contribution in [0.2, 0.25) is 0 Å². The lowest BCUT2D eigenvalue weighted by atomic mass is 10.0. The van der Waals surface area contributed by atoms with E-state index in [2.05, 4.69) is 33.0 Å². The summed E-state index contributed by atoms with van der Waals surface area (Å²) < 4.78 is 22.2. The van der Waals surface area contributed by atoms with Gasteiger partial charge in [-0.25, -0.2) is 9.37 Å². The Morgan fingerprint density at radius 2 is 2.00 bits per heavy atom. The maximum absolute atomic E-state index is 13.7. The van der Waals surface area contributed by atoms with E-state index in [0.717, 1.165) is 17.0 Å². The summed E-state index contributed by atoms with van der Waals surface area (Å²) in [5.41, 5.74) is 4.75. The molecule has 0 spiro atoms. The van der Waals surface area contributed by atoms with Crippen molar-refractivity contribution in [2.24, 2.45) is 0 Å². The van der Waals surface area contributed by atoms with Crippen molar-refractivity contribution in [3.05, 3.63) is 69.3 Å². The molecule has 3 nitrogen and oxygen atoms in total. The first-order valence-electron chi connectivity index (χ1n) is 7.14. The van der Waals surface area contributed by atoms with Crippen molar-refractivity contribution in [1.29, 1.82) is 0 Å². The predicted octanol–water partition coefficient (Wildman–Crippen LogP) is 4.72. The summed E-state index contributed by atoms with van der Waals surface area (Å²) in [7, 11) is 0. The number of ether oxygens (including phenoxy) is 1. The van der Waals surface area contributed by atoms with Gasteiger partial charge in [0.15, 0.2) is 0 Å². The zero-order valence-electron chi connectivity index (χ0n) is 12.2. The number of imidazole rings is 1. The Hall–Kier alpha value is -1.72. The van der Waals surface area contributed by atoms with Crippen molar-refractivity contribution in [1.82, 2.24) is 9.38 Å². The number of nitrogens with zero attached hydrogens (tertiary/aromatic N) is 2. The van der Waals surface area contributed by atoms with Crippen molar-refractivity contribution in [2.75, 3.05) is 0 Å². The second kappa shape index (κ2) is 4.89. The Kier molecular flexibility index (Phi) is 3.09. The molecule has 1 aliphatic rings. The quantitative estimate of drug-likeness (QED) is 0.627. The summed E-state index contributed by atoms with van der Waals surface area (Å²) >= 11 is 3.25. The molecule has 2 aromatic heterocycles. The number of pyridine rings is 1. The molecule has 5 heteroatoms. The number of hydrogen-bond donors (Lipinski definition) is 0. The molecule has 2 atom stereocenters. The zero-order valence-corrected chi connectivity index (χ0v) is 13.8. The number of benzene rings is 1. The van der Waals surface area contributed by atoms with Crippen molar-refractivity contribution in [2.45, 2.75) is 26.1 Å². The largest absolute Gasteiger partial charge is 0.360 e. The summed E-state index contributed by atoms with van der Waals surface area (Å²) in [4.78, 5) is 4.48. The van der Waals surface area contributed by atoms with E-state index in [1.165, 1.54) is 11.6 Å². The lowest BCUT2D eigenvalue weighted by Gasteiger charge is -2.14. The molecule has 0 aliphatic carbocycles. The number of aryl methyl sites for hydroxylation is 1. The van der Waals surface area contributed by atoms with E-state index in [1.54, 1.807) is 6.20 Å². The minimum absolute atomic E-state index is 0.0371. The number of aromatic nitrogens is 2. The first-order valence-corrected chi connectivity index (χ1v) is 7.93. The molecule has 0 N–H and O–H groups in total.